The average Bonchev–Trinajstić information content (AvgIpc) is 3.29. The maximum atomic E-state index is 12.6. The highest BCUT2D eigenvalue weighted by Gasteiger charge is 2.20. The second-order valence-electron chi connectivity index (χ2n) is 8.16. The molecule has 0 saturated carbocycles. The lowest BCUT2D eigenvalue weighted by Crippen LogP contribution is -2.40. The van der Waals surface area contributed by atoms with Gasteiger partial charge in [-0.1, -0.05) is 6.07 Å². The zero-order valence-electron chi connectivity index (χ0n) is 16.0. The SMILES string of the molecule is CC(C)(C)NC(=O)c1n[nH]c2ccc(-c3cncc(N4CCCC4)c3)cc12. The van der Waals surface area contributed by atoms with Gasteiger partial charge in [0.05, 0.1) is 17.4 Å². The highest BCUT2D eigenvalue weighted by molar-refractivity contribution is 6.05. The van der Waals surface area contributed by atoms with E-state index >= 15 is 0 Å². The molecule has 4 rings (SSSR count). The molecule has 0 radical (unpaired) electrons. The molecule has 3 aromatic rings. The van der Waals surface area contributed by atoms with E-state index in [1.54, 1.807) is 0 Å². The van der Waals surface area contributed by atoms with Crippen LogP contribution < -0.4 is 10.2 Å². The normalized spacial score (nSPS) is 14.7. The molecule has 2 N–H and O–H groups in total. The van der Waals surface area contributed by atoms with Crippen LogP contribution in [0.3, 0.4) is 0 Å². The number of nitrogens with zero attached hydrogens (tertiary/aromatic N) is 3. The van der Waals surface area contributed by atoms with Crippen molar-refractivity contribution < 1.29 is 4.79 Å². The first-order valence-electron chi connectivity index (χ1n) is 9.42. The molecule has 6 heteroatoms. The number of anilines is 1. The molecular formula is C21H25N5O. The van der Waals surface area contributed by atoms with E-state index in [1.807, 2.05) is 51.4 Å². The molecule has 1 aromatic carbocycles. The van der Waals surface area contributed by atoms with Gasteiger partial charge < -0.3 is 10.2 Å². The fourth-order valence-electron chi connectivity index (χ4n) is 3.50. The molecule has 1 fully saturated rings. The molecule has 0 atom stereocenters. The topological polar surface area (TPSA) is 73.9 Å². The molecule has 0 aliphatic carbocycles. The number of fused-ring (bicyclic) bond motifs is 1. The lowest BCUT2D eigenvalue weighted by Gasteiger charge is -2.19. The highest BCUT2D eigenvalue weighted by Crippen LogP contribution is 2.29. The van der Waals surface area contributed by atoms with Crippen LogP contribution in [-0.4, -0.2) is 39.7 Å². The zero-order chi connectivity index (χ0) is 19.0. The molecule has 0 bridgehead atoms. The van der Waals surface area contributed by atoms with Crippen LogP contribution >= 0.6 is 0 Å². The van der Waals surface area contributed by atoms with Crippen molar-refractivity contribution in [2.75, 3.05) is 18.0 Å². The first-order valence-corrected chi connectivity index (χ1v) is 9.42. The quantitative estimate of drug-likeness (QED) is 0.743. The summed E-state index contributed by atoms with van der Waals surface area (Å²) in [5, 5.41) is 11.0. The smallest absolute Gasteiger partial charge is 0.272 e. The third-order valence-corrected chi connectivity index (χ3v) is 4.79. The number of nitrogens with one attached hydrogen (secondary N) is 2. The summed E-state index contributed by atoms with van der Waals surface area (Å²) < 4.78 is 0. The first kappa shape index (κ1) is 17.5. The summed E-state index contributed by atoms with van der Waals surface area (Å²) in [6.45, 7) is 8.05. The van der Waals surface area contributed by atoms with Gasteiger partial charge in [0.2, 0.25) is 0 Å². The van der Waals surface area contributed by atoms with E-state index in [9.17, 15) is 4.79 Å². The van der Waals surface area contributed by atoms with E-state index in [4.69, 9.17) is 0 Å². The van der Waals surface area contributed by atoms with Crippen LogP contribution in [0.5, 0.6) is 0 Å². The molecule has 1 aliphatic heterocycles. The van der Waals surface area contributed by atoms with Gasteiger partial charge in [0.1, 0.15) is 0 Å². The molecule has 0 unspecified atom stereocenters. The van der Waals surface area contributed by atoms with Gasteiger partial charge in [0.25, 0.3) is 5.91 Å². The van der Waals surface area contributed by atoms with Gasteiger partial charge in [-0.3, -0.25) is 14.9 Å². The Hall–Kier alpha value is -2.89. The summed E-state index contributed by atoms with van der Waals surface area (Å²) in [6, 6.07) is 8.19. The predicted octanol–water partition coefficient (Wildman–Crippen LogP) is 3.75. The van der Waals surface area contributed by atoms with Crippen molar-refractivity contribution in [2.45, 2.75) is 39.2 Å². The Labute approximate surface area is 159 Å². The summed E-state index contributed by atoms with van der Waals surface area (Å²) in [4.78, 5) is 19.4. The molecular weight excluding hydrogens is 338 g/mol. The average molecular weight is 363 g/mol. The number of pyridine rings is 1. The summed E-state index contributed by atoms with van der Waals surface area (Å²) in [5.41, 5.74) is 4.19. The Kier molecular flexibility index (Phi) is 4.34. The number of carbonyl (C=O) groups is 1. The number of benzene rings is 1. The van der Waals surface area contributed by atoms with Gasteiger partial charge in [0, 0.05) is 35.8 Å². The number of aromatic nitrogens is 3. The summed E-state index contributed by atoms with van der Waals surface area (Å²) in [5.74, 6) is -0.171. The van der Waals surface area contributed by atoms with Crippen molar-refractivity contribution >= 4 is 22.5 Å². The van der Waals surface area contributed by atoms with E-state index in [-0.39, 0.29) is 11.4 Å². The van der Waals surface area contributed by atoms with Crippen molar-refractivity contribution in [2.24, 2.45) is 0 Å². The van der Waals surface area contributed by atoms with Crippen LogP contribution in [0.2, 0.25) is 0 Å². The monoisotopic (exact) mass is 363 g/mol. The van der Waals surface area contributed by atoms with E-state index in [0.29, 0.717) is 5.69 Å². The number of H-pyrrole nitrogens is 1. The van der Waals surface area contributed by atoms with E-state index in [0.717, 1.165) is 40.8 Å². The molecule has 140 valence electrons. The Morgan fingerprint density at radius 3 is 2.63 bits per heavy atom. The van der Waals surface area contributed by atoms with E-state index in [2.05, 4.69) is 31.5 Å². The third-order valence-electron chi connectivity index (χ3n) is 4.79. The highest BCUT2D eigenvalue weighted by atomic mass is 16.2. The second kappa shape index (κ2) is 6.68. The maximum absolute atomic E-state index is 12.6. The number of hydrogen-bond acceptors (Lipinski definition) is 4. The Morgan fingerprint density at radius 1 is 1.11 bits per heavy atom. The van der Waals surface area contributed by atoms with Crippen LogP contribution in [-0.2, 0) is 0 Å². The predicted molar refractivity (Wildman–Crippen MR) is 108 cm³/mol. The third kappa shape index (κ3) is 3.65. The standard InChI is InChI=1S/C21H25N5O/c1-21(2,3)23-20(27)19-17-11-14(6-7-18(17)24-25-19)15-10-16(13-22-12-15)26-8-4-5-9-26/h6-7,10-13H,4-5,8-9H2,1-3H3,(H,23,27)(H,24,25). The van der Waals surface area contributed by atoms with Crippen LogP contribution in [0.25, 0.3) is 22.0 Å². The largest absolute Gasteiger partial charge is 0.370 e. The molecule has 6 nitrogen and oxygen atoms in total. The lowest BCUT2D eigenvalue weighted by atomic mass is 10.0. The summed E-state index contributed by atoms with van der Waals surface area (Å²) in [6.07, 6.45) is 6.26. The summed E-state index contributed by atoms with van der Waals surface area (Å²) in [7, 11) is 0. The van der Waals surface area contributed by atoms with Gasteiger partial charge in [-0.15, -0.1) is 0 Å². The van der Waals surface area contributed by atoms with Gasteiger partial charge >= 0.3 is 0 Å². The molecule has 2 aromatic heterocycles. The van der Waals surface area contributed by atoms with Crippen LogP contribution in [0.1, 0.15) is 44.1 Å². The van der Waals surface area contributed by atoms with Crippen LogP contribution in [0, 0.1) is 0 Å². The van der Waals surface area contributed by atoms with Crippen molar-refractivity contribution in [1.82, 2.24) is 20.5 Å². The first-order chi connectivity index (χ1) is 12.9. The van der Waals surface area contributed by atoms with Crippen molar-refractivity contribution in [3.05, 3.63) is 42.4 Å². The van der Waals surface area contributed by atoms with Gasteiger partial charge in [0.15, 0.2) is 5.69 Å². The van der Waals surface area contributed by atoms with Crippen LogP contribution in [0.4, 0.5) is 5.69 Å². The lowest BCUT2D eigenvalue weighted by molar-refractivity contribution is 0.0916. The van der Waals surface area contributed by atoms with E-state index < -0.39 is 0 Å². The fourth-order valence-corrected chi connectivity index (χ4v) is 3.50. The Morgan fingerprint density at radius 2 is 1.89 bits per heavy atom. The number of carbonyl (C=O) groups excluding carboxylic acids is 1. The molecule has 1 aliphatic rings. The molecule has 3 heterocycles. The van der Waals surface area contributed by atoms with Gasteiger partial charge in [-0.25, -0.2) is 0 Å². The van der Waals surface area contributed by atoms with Crippen molar-refractivity contribution in [1.29, 1.82) is 0 Å². The minimum absolute atomic E-state index is 0.171. The maximum Gasteiger partial charge on any atom is 0.272 e. The van der Waals surface area contributed by atoms with Crippen molar-refractivity contribution in [3.8, 4) is 11.1 Å². The number of rotatable bonds is 3. The van der Waals surface area contributed by atoms with Crippen molar-refractivity contribution in [3.63, 3.8) is 0 Å². The molecule has 0 spiro atoms. The van der Waals surface area contributed by atoms with Gasteiger partial charge in [-0.05, 0) is 57.4 Å². The zero-order valence-corrected chi connectivity index (χ0v) is 16.0. The number of aromatic amines is 1. The Bertz CT molecular complexity index is 980. The molecule has 27 heavy (non-hydrogen) atoms. The Balaban J connectivity index is 1.70. The van der Waals surface area contributed by atoms with E-state index in [1.165, 1.54) is 12.8 Å². The minimum Gasteiger partial charge on any atom is -0.370 e. The molecule has 1 saturated heterocycles. The second-order valence-corrected chi connectivity index (χ2v) is 8.16. The number of hydrogen-bond donors (Lipinski definition) is 2. The minimum atomic E-state index is -0.312. The summed E-state index contributed by atoms with van der Waals surface area (Å²) >= 11 is 0. The number of amides is 1. The molecule has 1 amide bonds. The van der Waals surface area contributed by atoms with Gasteiger partial charge in [-0.2, -0.15) is 5.10 Å². The van der Waals surface area contributed by atoms with Crippen LogP contribution in [0.15, 0.2) is 36.7 Å². The fraction of sp³-hybridized carbons (Fsp3) is 0.381.